The Bertz CT molecular complexity index is 192. The third-order valence-electron chi connectivity index (χ3n) is 2.36. The quantitative estimate of drug-likeness (QED) is 0.445. The highest BCUT2D eigenvalue weighted by molar-refractivity contribution is 4.61. The molecule has 0 bridgehead atoms. The molecule has 140 valence electrons. The monoisotopic (exact) mass is 326 g/mol. The van der Waals surface area contributed by atoms with Crippen LogP contribution < -0.4 is 4.90 Å². The number of aliphatic hydroxyl groups is 2. The molecule has 1 saturated heterocycles. The zero-order valence-corrected chi connectivity index (χ0v) is 16.1. The number of likely N-dealkylation sites (tertiary alicyclic amines) is 1. The van der Waals surface area contributed by atoms with Crippen LogP contribution in [0.3, 0.4) is 0 Å². The number of likely N-dealkylation sites (N-methyl/N-ethyl adjacent to an activating group) is 1. The van der Waals surface area contributed by atoms with Crippen LogP contribution in [0.4, 0.5) is 0 Å². The van der Waals surface area contributed by atoms with Crippen molar-refractivity contribution in [3.63, 3.8) is 0 Å². The van der Waals surface area contributed by atoms with Gasteiger partial charge in [0.05, 0.1) is 28.2 Å². The standard InChI is InChI=1S/C5H12NO.C4H11N.C3H9NO.C3H9N.CH4/c1-6(2)3-5(7)4-6;1-4-5(2)3;1-4(2)3-5;1-4(2)3;/h5,7H,3-4H2,1-2H3;4H2,1-3H3;5H,3H2,1-2H3;1-3H3;1H4/q+1;;;;/p+1. The predicted octanol–water partition coefficient (Wildman–Crippen LogP) is -1.10. The Hall–Kier alpha value is -0.240. The third-order valence-corrected chi connectivity index (χ3v) is 2.36. The van der Waals surface area contributed by atoms with Crippen molar-refractivity contribution in [1.29, 1.82) is 0 Å². The zero-order valence-electron chi connectivity index (χ0n) is 16.1. The van der Waals surface area contributed by atoms with Crippen molar-refractivity contribution in [2.75, 3.05) is 89.8 Å². The summed E-state index contributed by atoms with van der Waals surface area (Å²) in [5.74, 6) is 0. The first-order chi connectivity index (χ1) is 9.37. The summed E-state index contributed by atoms with van der Waals surface area (Å²) in [7, 11) is 18.1. The van der Waals surface area contributed by atoms with Crippen LogP contribution in [-0.4, -0.2) is 120 Å². The van der Waals surface area contributed by atoms with Gasteiger partial charge in [-0.25, -0.2) is 0 Å². The fourth-order valence-electron chi connectivity index (χ4n) is 1.09. The van der Waals surface area contributed by atoms with E-state index in [4.69, 9.17) is 10.2 Å². The Kier molecular flexibility index (Phi) is 23.1. The first-order valence-corrected chi connectivity index (χ1v) is 7.53. The lowest BCUT2D eigenvalue weighted by atomic mass is 10.1. The van der Waals surface area contributed by atoms with Crippen LogP contribution in [-0.2, 0) is 0 Å². The molecule has 1 fully saturated rings. The molecule has 3 N–H and O–H groups in total. The van der Waals surface area contributed by atoms with Crippen LogP contribution in [0.5, 0.6) is 0 Å². The lowest BCUT2D eigenvalue weighted by Gasteiger charge is -2.41. The molecular formula is C16H46N4O2+2. The molecule has 0 spiro atoms. The topological polar surface area (TPSA) is 51.4 Å². The minimum absolute atomic E-state index is 0. The fraction of sp³-hybridized carbons (Fsp3) is 1.00. The second-order valence-corrected chi connectivity index (χ2v) is 7.06. The number of hydrogen-bond donors (Lipinski definition) is 3. The first kappa shape index (κ1) is 29.7. The van der Waals surface area contributed by atoms with E-state index in [9.17, 15) is 0 Å². The van der Waals surface area contributed by atoms with Gasteiger partial charge in [-0.1, -0.05) is 14.4 Å². The van der Waals surface area contributed by atoms with Crippen molar-refractivity contribution in [2.24, 2.45) is 0 Å². The van der Waals surface area contributed by atoms with Crippen LogP contribution in [0.15, 0.2) is 0 Å². The molecule has 1 aliphatic rings. The average molecular weight is 327 g/mol. The van der Waals surface area contributed by atoms with Gasteiger partial charge in [0, 0.05) is 0 Å². The normalized spacial score (nSPS) is 15.4. The van der Waals surface area contributed by atoms with E-state index in [1.165, 1.54) is 0 Å². The van der Waals surface area contributed by atoms with Crippen molar-refractivity contribution in [3.05, 3.63) is 0 Å². The van der Waals surface area contributed by atoms with Gasteiger partial charge in [0.2, 0.25) is 0 Å². The lowest BCUT2D eigenvalue weighted by molar-refractivity contribution is -0.937. The highest BCUT2D eigenvalue weighted by atomic mass is 16.3. The van der Waals surface area contributed by atoms with Gasteiger partial charge in [-0.15, -0.1) is 0 Å². The molecule has 0 aromatic carbocycles. The molecule has 6 heteroatoms. The third kappa shape index (κ3) is 36.7. The molecule has 1 rings (SSSR count). The minimum Gasteiger partial charge on any atom is -0.382 e. The summed E-state index contributed by atoms with van der Waals surface area (Å²) >= 11 is 0. The first-order valence-electron chi connectivity index (χ1n) is 7.53. The number of nitrogens with zero attached hydrogens (tertiary/aromatic N) is 3. The van der Waals surface area contributed by atoms with E-state index in [0.717, 1.165) is 29.0 Å². The van der Waals surface area contributed by atoms with E-state index in [-0.39, 0.29) is 20.3 Å². The second kappa shape index (κ2) is 17.1. The average Bonchev–Trinajstić information content (AvgIpc) is 2.27. The van der Waals surface area contributed by atoms with Gasteiger partial charge >= 0.3 is 0 Å². The predicted molar refractivity (Wildman–Crippen MR) is 98.3 cm³/mol. The molecule has 0 aromatic rings. The van der Waals surface area contributed by atoms with E-state index < -0.39 is 0 Å². The second-order valence-electron chi connectivity index (χ2n) is 7.06. The van der Waals surface area contributed by atoms with E-state index in [2.05, 4.69) is 40.0 Å². The number of rotatable bonds is 2. The summed E-state index contributed by atoms with van der Waals surface area (Å²) in [6.07, 6.45) is -0.0185. The molecule has 0 aromatic heterocycles. The van der Waals surface area contributed by atoms with Gasteiger partial charge in [-0.3, -0.25) is 0 Å². The Balaban J connectivity index is -0.0000000994. The molecule has 1 aliphatic heterocycles. The van der Waals surface area contributed by atoms with E-state index in [0.29, 0.717) is 0 Å². The molecule has 0 saturated carbocycles. The molecule has 1 heterocycles. The van der Waals surface area contributed by atoms with Crippen LogP contribution in [0.25, 0.3) is 0 Å². The number of aliphatic hydroxyl groups excluding tert-OH is 2. The maximum atomic E-state index is 8.77. The van der Waals surface area contributed by atoms with E-state index in [1.807, 2.05) is 40.1 Å². The number of hydrogen-bond acceptors (Lipinski definition) is 4. The van der Waals surface area contributed by atoms with Gasteiger partial charge in [-0.2, -0.15) is 0 Å². The highest BCUT2D eigenvalue weighted by Gasteiger charge is 2.34. The largest absolute Gasteiger partial charge is 0.382 e. The van der Waals surface area contributed by atoms with Gasteiger partial charge in [-0.05, 0) is 41.8 Å². The summed E-state index contributed by atoms with van der Waals surface area (Å²) in [5, 5.41) is 16.9. The van der Waals surface area contributed by atoms with E-state index >= 15 is 0 Å². The molecule has 0 radical (unpaired) electrons. The summed E-state index contributed by atoms with van der Waals surface area (Å²) in [6, 6.07) is 0. The Labute approximate surface area is 140 Å². The van der Waals surface area contributed by atoms with E-state index in [1.54, 1.807) is 0 Å². The molecule has 0 aliphatic carbocycles. The Morgan fingerprint density at radius 1 is 1.05 bits per heavy atom. The fourth-order valence-corrected chi connectivity index (χ4v) is 1.09. The Morgan fingerprint density at radius 3 is 1.27 bits per heavy atom. The van der Waals surface area contributed by atoms with Crippen LogP contribution in [0, 0.1) is 0 Å². The molecule has 0 atom stereocenters. The summed E-state index contributed by atoms with van der Waals surface area (Å²) < 4.78 is 0.987. The number of nitrogens with one attached hydrogen (secondary N) is 1. The summed E-state index contributed by atoms with van der Waals surface area (Å²) in [5.41, 5.74) is 0. The summed E-state index contributed by atoms with van der Waals surface area (Å²) in [6.45, 7) is 5.35. The maximum absolute atomic E-state index is 8.77. The zero-order chi connectivity index (χ0) is 17.6. The molecule has 0 unspecified atom stereocenters. The number of quaternary nitrogens is 2. The minimum atomic E-state index is -0.0185. The van der Waals surface area contributed by atoms with Gasteiger partial charge in [0.25, 0.3) is 0 Å². The van der Waals surface area contributed by atoms with Gasteiger partial charge in [0.15, 0.2) is 12.8 Å². The molecular weight excluding hydrogens is 280 g/mol. The molecule has 0 amide bonds. The SMILES string of the molecule is C.CCN(C)C.CN(C)C.C[N+]1(C)CC(O)C1.C[NH+](C)CO. The molecule has 22 heavy (non-hydrogen) atoms. The van der Waals surface area contributed by atoms with Crippen molar-refractivity contribution in [2.45, 2.75) is 20.5 Å². The summed E-state index contributed by atoms with van der Waals surface area (Å²) in [4.78, 5) is 5.19. The van der Waals surface area contributed by atoms with Crippen molar-refractivity contribution in [3.8, 4) is 0 Å². The molecule has 6 nitrogen and oxygen atoms in total. The van der Waals surface area contributed by atoms with Crippen LogP contribution in [0.1, 0.15) is 14.4 Å². The smallest absolute Gasteiger partial charge is 0.178 e. The van der Waals surface area contributed by atoms with Crippen molar-refractivity contribution >= 4 is 0 Å². The van der Waals surface area contributed by atoms with Crippen LogP contribution >= 0.6 is 0 Å². The van der Waals surface area contributed by atoms with Crippen molar-refractivity contribution < 1.29 is 19.6 Å². The van der Waals surface area contributed by atoms with Gasteiger partial charge < -0.3 is 29.4 Å². The highest BCUT2D eigenvalue weighted by Crippen LogP contribution is 2.11. The lowest BCUT2D eigenvalue weighted by Crippen LogP contribution is -3.05. The maximum Gasteiger partial charge on any atom is 0.178 e. The Morgan fingerprint density at radius 2 is 1.27 bits per heavy atom. The van der Waals surface area contributed by atoms with Gasteiger partial charge in [0.1, 0.15) is 13.1 Å². The van der Waals surface area contributed by atoms with Crippen molar-refractivity contribution in [1.82, 2.24) is 9.80 Å². The van der Waals surface area contributed by atoms with Crippen LogP contribution in [0.2, 0.25) is 0 Å².